The fourth-order valence-corrected chi connectivity index (χ4v) is 3.30. The number of likely N-dealkylation sites (N-methyl/N-ethyl adjacent to an activating group) is 1. The monoisotopic (exact) mass is 249 g/mol. The standard InChI is InChI=1S/C14H19NOS/c1-10(13(15-2)5-7-16)12-4-3-11-6-8-17-14(11)9-12/h3-4,9,13,15-16H,1,5-8H2,2H3. The van der Waals surface area contributed by atoms with Gasteiger partial charge in [-0.3, -0.25) is 0 Å². The zero-order valence-corrected chi connectivity index (χ0v) is 11.0. The Hall–Kier alpha value is -0.770. The van der Waals surface area contributed by atoms with E-state index in [1.54, 1.807) is 0 Å². The van der Waals surface area contributed by atoms with E-state index in [0.717, 1.165) is 5.57 Å². The Kier molecular flexibility index (Phi) is 4.26. The molecular weight excluding hydrogens is 230 g/mol. The second-order valence-corrected chi connectivity index (χ2v) is 5.44. The molecule has 17 heavy (non-hydrogen) atoms. The van der Waals surface area contributed by atoms with Gasteiger partial charge < -0.3 is 10.4 Å². The van der Waals surface area contributed by atoms with Gasteiger partial charge in [0.05, 0.1) is 0 Å². The minimum Gasteiger partial charge on any atom is -0.396 e. The Bertz CT molecular complexity index is 417. The van der Waals surface area contributed by atoms with E-state index in [1.165, 1.54) is 28.2 Å². The summed E-state index contributed by atoms with van der Waals surface area (Å²) in [6.45, 7) is 4.34. The van der Waals surface area contributed by atoms with E-state index in [-0.39, 0.29) is 12.6 Å². The number of fused-ring (bicyclic) bond motifs is 1. The van der Waals surface area contributed by atoms with E-state index in [0.29, 0.717) is 6.42 Å². The van der Waals surface area contributed by atoms with Crippen molar-refractivity contribution >= 4 is 17.3 Å². The van der Waals surface area contributed by atoms with Crippen LogP contribution in [0.4, 0.5) is 0 Å². The maximum absolute atomic E-state index is 9.03. The van der Waals surface area contributed by atoms with Crippen LogP contribution in [0.3, 0.4) is 0 Å². The smallest absolute Gasteiger partial charge is 0.0449 e. The molecule has 1 aromatic carbocycles. The summed E-state index contributed by atoms with van der Waals surface area (Å²) in [5.74, 6) is 1.19. The number of hydrogen-bond acceptors (Lipinski definition) is 3. The molecule has 0 saturated carbocycles. The molecule has 2 rings (SSSR count). The molecule has 1 aliphatic heterocycles. The van der Waals surface area contributed by atoms with Crippen molar-refractivity contribution in [1.82, 2.24) is 5.32 Å². The quantitative estimate of drug-likeness (QED) is 0.840. The molecule has 1 unspecified atom stereocenters. The van der Waals surface area contributed by atoms with Gasteiger partial charge in [0.1, 0.15) is 0 Å². The van der Waals surface area contributed by atoms with Crippen molar-refractivity contribution in [2.45, 2.75) is 23.8 Å². The lowest BCUT2D eigenvalue weighted by atomic mass is 9.97. The Labute approximate surface area is 107 Å². The molecule has 0 amide bonds. The van der Waals surface area contributed by atoms with Gasteiger partial charge in [0.2, 0.25) is 0 Å². The number of thioether (sulfide) groups is 1. The van der Waals surface area contributed by atoms with E-state index >= 15 is 0 Å². The second kappa shape index (κ2) is 5.71. The van der Waals surface area contributed by atoms with Gasteiger partial charge in [0.15, 0.2) is 0 Å². The first-order valence-electron chi connectivity index (χ1n) is 5.99. The summed E-state index contributed by atoms with van der Waals surface area (Å²) in [5.41, 5.74) is 3.71. The lowest BCUT2D eigenvalue weighted by Crippen LogP contribution is -2.27. The molecule has 2 N–H and O–H groups in total. The molecule has 92 valence electrons. The number of benzene rings is 1. The number of hydrogen-bond donors (Lipinski definition) is 2. The largest absolute Gasteiger partial charge is 0.396 e. The minimum absolute atomic E-state index is 0.157. The number of aryl methyl sites for hydroxylation is 1. The first-order chi connectivity index (χ1) is 8.26. The highest BCUT2D eigenvalue weighted by Gasteiger charge is 2.15. The average molecular weight is 249 g/mol. The van der Waals surface area contributed by atoms with E-state index in [1.807, 2.05) is 18.8 Å². The van der Waals surface area contributed by atoms with Crippen LogP contribution in [0.15, 0.2) is 29.7 Å². The van der Waals surface area contributed by atoms with Gasteiger partial charge in [-0.05, 0) is 42.7 Å². The zero-order valence-electron chi connectivity index (χ0n) is 10.2. The highest BCUT2D eigenvalue weighted by molar-refractivity contribution is 7.99. The molecule has 1 atom stereocenters. The van der Waals surface area contributed by atoms with Crippen LogP contribution in [0.25, 0.3) is 5.57 Å². The highest BCUT2D eigenvalue weighted by Crippen LogP contribution is 2.33. The van der Waals surface area contributed by atoms with Gasteiger partial charge in [0, 0.05) is 23.3 Å². The number of aliphatic hydroxyl groups is 1. The molecule has 0 radical (unpaired) electrons. The lowest BCUT2D eigenvalue weighted by Gasteiger charge is -2.18. The van der Waals surface area contributed by atoms with Crippen LogP contribution in [0, 0.1) is 0 Å². The summed E-state index contributed by atoms with van der Waals surface area (Å²) in [6, 6.07) is 6.75. The molecule has 0 aliphatic carbocycles. The van der Waals surface area contributed by atoms with Gasteiger partial charge in [0.25, 0.3) is 0 Å². The van der Waals surface area contributed by atoms with Gasteiger partial charge in [-0.1, -0.05) is 18.7 Å². The summed E-state index contributed by atoms with van der Waals surface area (Å²) in [7, 11) is 1.91. The van der Waals surface area contributed by atoms with Crippen LogP contribution in [0.1, 0.15) is 17.5 Å². The Morgan fingerprint density at radius 3 is 3.12 bits per heavy atom. The average Bonchev–Trinajstić information content (AvgIpc) is 2.82. The van der Waals surface area contributed by atoms with Gasteiger partial charge in [-0.2, -0.15) is 0 Å². The summed E-state index contributed by atoms with van der Waals surface area (Å²) in [4.78, 5) is 1.39. The third kappa shape index (κ3) is 2.73. The number of rotatable bonds is 5. The second-order valence-electron chi connectivity index (χ2n) is 4.30. The number of aliphatic hydroxyl groups excluding tert-OH is 1. The van der Waals surface area contributed by atoms with Crippen molar-refractivity contribution in [2.75, 3.05) is 19.4 Å². The van der Waals surface area contributed by atoms with Crippen molar-refractivity contribution in [3.63, 3.8) is 0 Å². The third-order valence-electron chi connectivity index (χ3n) is 3.25. The fraction of sp³-hybridized carbons (Fsp3) is 0.429. The van der Waals surface area contributed by atoms with Gasteiger partial charge in [-0.25, -0.2) is 0 Å². The van der Waals surface area contributed by atoms with Crippen molar-refractivity contribution in [3.05, 3.63) is 35.9 Å². The van der Waals surface area contributed by atoms with Crippen LogP contribution in [0.5, 0.6) is 0 Å². The van der Waals surface area contributed by atoms with Crippen LogP contribution >= 0.6 is 11.8 Å². The molecule has 0 fully saturated rings. The summed E-state index contributed by atoms with van der Waals surface area (Å²) in [5, 5.41) is 12.2. The summed E-state index contributed by atoms with van der Waals surface area (Å²) >= 11 is 1.92. The maximum atomic E-state index is 9.03. The molecule has 1 aliphatic rings. The zero-order chi connectivity index (χ0) is 12.3. The summed E-state index contributed by atoms with van der Waals surface area (Å²) in [6.07, 6.45) is 1.89. The molecule has 1 heterocycles. The molecule has 2 nitrogen and oxygen atoms in total. The van der Waals surface area contributed by atoms with Crippen LogP contribution < -0.4 is 5.32 Å². The maximum Gasteiger partial charge on any atom is 0.0449 e. The summed E-state index contributed by atoms with van der Waals surface area (Å²) < 4.78 is 0. The topological polar surface area (TPSA) is 32.3 Å². The Balaban J connectivity index is 2.19. The minimum atomic E-state index is 0.157. The molecular formula is C14H19NOS. The fourth-order valence-electron chi connectivity index (χ4n) is 2.19. The Morgan fingerprint density at radius 1 is 1.59 bits per heavy atom. The third-order valence-corrected chi connectivity index (χ3v) is 4.35. The van der Waals surface area contributed by atoms with Crippen molar-refractivity contribution < 1.29 is 5.11 Å². The van der Waals surface area contributed by atoms with E-state index in [2.05, 4.69) is 30.1 Å². The molecule has 3 heteroatoms. The number of nitrogens with one attached hydrogen (secondary N) is 1. The predicted octanol–water partition coefficient (Wildman–Crippen LogP) is 2.32. The first kappa shape index (κ1) is 12.7. The van der Waals surface area contributed by atoms with Gasteiger partial charge >= 0.3 is 0 Å². The van der Waals surface area contributed by atoms with Gasteiger partial charge in [-0.15, -0.1) is 11.8 Å². The molecule has 0 aromatic heterocycles. The lowest BCUT2D eigenvalue weighted by molar-refractivity contribution is 0.279. The molecule has 1 aromatic rings. The van der Waals surface area contributed by atoms with Crippen LogP contribution in [-0.2, 0) is 6.42 Å². The van der Waals surface area contributed by atoms with Crippen molar-refractivity contribution in [2.24, 2.45) is 0 Å². The van der Waals surface area contributed by atoms with Crippen LogP contribution in [0.2, 0.25) is 0 Å². The molecule has 0 bridgehead atoms. The highest BCUT2D eigenvalue weighted by atomic mass is 32.2. The first-order valence-corrected chi connectivity index (χ1v) is 6.98. The van der Waals surface area contributed by atoms with Crippen molar-refractivity contribution in [3.8, 4) is 0 Å². The van der Waals surface area contributed by atoms with E-state index < -0.39 is 0 Å². The van der Waals surface area contributed by atoms with Crippen molar-refractivity contribution in [1.29, 1.82) is 0 Å². The Morgan fingerprint density at radius 2 is 2.41 bits per heavy atom. The molecule has 0 saturated heterocycles. The SMILES string of the molecule is C=C(c1ccc2c(c1)SCC2)C(CCO)NC. The molecule has 0 spiro atoms. The van der Waals surface area contributed by atoms with Crippen LogP contribution in [-0.4, -0.2) is 30.6 Å². The van der Waals surface area contributed by atoms with E-state index in [4.69, 9.17) is 5.11 Å². The normalized spacial score (nSPS) is 15.6. The predicted molar refractivity (Wildman–Crippen MR) is 74.5 cm³/mol. The van der Waals surface area contributed by atoms with E-state index in [9.17, 15) is 0 Å².